The normalized spacial score (nSPS) is 11.5. The number of aliphatic hydroxyl groups is 1. The number of aliphatic hydroxyl groups excluding tert-OH is 1. The lowest BCUT2D eigenvalue weighted by Gasteiger charge is -2.17. The second kappa shape index (κ2) is 5.07. The summed E-state index contributed by atoms with van der Waals surface area (Å²) in [5.41, 5.74) is 0.783. The molecule has 0 bridgehead atoms. The van der Waals surface area contributed by atoms with Gasteiger partial charge in [0.05, 0.1) is 31.3 Å². The zero-order chi connectivity index (χ0) is 11.3. The van der Waals surface area contributed by atoms with E-state index in [9.17, 15) is 0 Å². The van der Waals surface area contributed by atoms with Gasteiger partial charge in [-0.1, -0.05) is 20.8 Å². The molecule has 0 radical (unpaired) electrons. The molecule has 0 unspecified atom stereocenters. The minimum atomic E-state index is -0.108. The van der Waals surface area contributed by atoms with Crippen molar-refractivity contribution in [2.45, 2.75) is 33.8 Å². The summed E-state index contributed by atoms with van der Waals surface area (Å²) in [5, 5.41) is 8.86. The van der Waals surface area contributed by atoms with Crippen LogP contribution in [0.15, 0.2) is 12.4 Å². The van der Waals surface area contributed by atoms with Crippen LogP contribution in [0.3, 0.4) is 0 Å². The molecule has 4 heteroatoms. The third kappa shape index (κ3) is 4.74. The molecule has 0 amide bonds. The molecule has 0 saturated heterocycles. The summed E-state index contributed by atoms with van der Waals surface area (Å²) in [6, 6.07) is 0. The molecule has 15 heavy (non-hydrogen) atoms. The molecule has 1 heterocycles. The van der Waals surface area contributed by atoms with Crippen LogP contribution in [0.4, 0.5) is 0 Å². The highest BCUT2D eigenvalue weighted by atomic mass is 16.5. The molecule has 0 aliphatic carbocycles. The van der Waals surface area contributed by atoms with Gasteiger partial charge >= 0.3 is 0 Å². The molecule has 0 saturated carbocycles. The predicted octanol–water partition coefficient (Wildman–Crippen LogP) is 1.78. The third-order valence-corrected chi connectivity index (χ3v) is 1.93. The van der Waals surface area contributed by atoms with Crippen LogP contribution in [0.25, 0.3) is 0 Å². The first kappa shape index (κ1) is 11.9. The molecule has 1 aromatic rings. The van der Waals surface area contributed by atoms with Gasteiger partial charge in [-0.2, -0.15) is 0 Å². The van der Waals surface area contributed by atoms with Gasteiger partial charge in [-0.15, -0.1) is 0 Å². The summed E-state index contributed by atoms with van der Waals surface area (Å²) in [7, 11) is 0. The van der Waals surface area contributed by atoms with E-state index in [2.05, 4.69) is 30.7 Å². The number of aromatic nitrogens is 2. The van der Waals surface area contributed by atoms with Crippen LogP contribution in [-0.2, 0) is 6.61 Å². The predicted molar refractivity (Wildman–Crippen MR) is 57.5 cm³/mol. The van der Waals surface area contributed by atoms with Crippen molar-refractivity contribution >= 4 is 0 Å². The van der Waals surface area contributed by atoms with Gasteiger partial charge in [0, 0.05) is 0 Å². The Bertz CT molecular complexity index is 308. The Labute approximate surface area is 90.3 Å². The highest BCUT2D eigenvalue weighted by molar-refractivity contribution is 5.07. The Morgan fingerprint density at radius 1 is 1.33 bits per heavy atom. The Morgan fingerprint density at radius 3 is 2.67 bits per heavy atom. The molecule has 0 spiro atoms. The summed E-state index contributed by atoms with van der Waals surface area (Å²) >= 11 is 0. The SMILES string of the molecule is CC(C)(C)CCOc1cncc(CO)n1. The fourth-order valence-electron chi connectivity index (χ4n) is 0.994. The van der Waals surface area contributed by atoms with E-state index in [1.54, 1.807) is 6.20 Å². The molecule has 0 aliphatic rings. The number of nitrogens with zero attached hydrogens (tertiary/aromatic N) is 2. The molecule has 1 aromatic heterocycles. The molecule has 1 rings (SSSR count). The Kier molecular flexibility index (Phi) is 4.03. The summed E-state index contributed by atoms with van der Waals surface area (Å²) in [6.45, 7) is 6.99. The summed E-state index contributed by atoms with van der Waals surface area (Å²) in [6.07, 6.45) is 4.04. The van der Waals surface area contributed by atoms with Crippen LogP contribution >= 0.6 is 0 Å². The van der Waals surface area contributed by atoms with Crippen molar-refractivity contribution in [1.29, 1.82) is 0 Å². The first-order valence-electron chi connectivity index (χ1n) is 5.06. The summed E-state index contributed by atoms with van der Waals surface area (Å²) < 4.78 is 5.44. The van der Waals surface area contributed by atoms with E-state index in [4.69, 9.17) is 9.84 Å². The van der Waals surface area contributed by atoms with Gasteiger partial charge < -0.3 is 9.84 Å². The molecule has 0 aliphatic heterocycles. The largest absolute Gasteiger partial charge is 0.477 e. The average Bonchev–Trinajstić information content (AvgIpc) is 2.16. The van der Waals surface area contributed by atoms with Crippen LogP contribution in [0.5, 0.6) is 5.88 Å². The minimum Gasteiger partial charge on any atom is -0.477 e. The van der Waals surface area contributed by atoms with E-state index < -0.39 is 0 Å². The third-order valence-electron chi connectivity index (χ3n) is 1.93. The molecular formula is C11H18N2O2. The van der Waals surface area contributed by atoms with E-state index in [0.717, 1.165) is 6.42 Å². The van der Waals surface area contributed by atoms with E-state index in [0.29, 0.717) is 18.2 Å². The maximum absolute atomic E-state index is 8.86. The molecule has 0 fully saturated rings. The molecule has 0 aromatic carbocycles. The number of hydrogen-bond acceptors (Lipinski definition) is 4. The molecule has 4 nitrogen and oxygen atoms in total. The number of ether oxygens (including phenoxy) is 1. The van der Waals surface area contributed by atoms with Crippen LogP contribution in [0.1, 0.15) is 32.9 Å². The zero-order valence-electron chi connectivity index (χ0n) is 9.53. The maximum Gasteiger partial charge on any atom is 0.232 e. The Balaban J connectivity index is 2.44. The van der Waals surface area contributed by atoms with E-state index in [-0.39, 0.29) is 12.0 Å². The van der Waals surface area contributed by atoms with Crippen molar-refractivity contribution in [1.82, 2.24) is 9.97 Å². The van der Waals surface area contributed by atoms with Gasteiger partial charge in [0.15, 0.2) is 0 Å². The number of hydrogen-bond donors (Lipinski definition) is 1. The lowest BCUT2D eigenvalue weighted by Crippen LogP contribution is -2.11. The maximum atomic E-state index is 8.86. The Morgan fingerprint density at radius 2 is 2.07 bits per heavy atom. The van der Waals surface area contributed by atoms with Gasteiger partial charge in [-0.05, 0) is 11.8 Å². The van der Waals surface area contributed by atoms with Crippen molar-refractivity contribution in [3.05, 3.63) is 18.1 Å². The fraction of sp³-hybridized carbons (Fsp3) is 0.636. The lowest BCUT2D eigenvalue weighted by molar-refractivity contribution is 0.231. The average molecular weight is 210 g/mol. The quantitative estimate of drug-likeness (QED) is 0.823. The first-order valence-corrected chi connectivity index (χ1v) is 5.06. The zero-order valence-corrected chi connectivity index (χ0v) is 9.53. The van der Waals surface area contributed by atoms with Gasteiger partial charge in [0.2, 0.25) is 5.88 Å². The van der Waals surface area contributed by atoms with Crippen molar-refractivity contribution in [2.75, 3.05) is 6.61 Å². The second-order valence-corrected chi connectivity index (χ2v) is 4.67. The monoisotopic (exact) mass is 210 g/mol. The molecule has 0 atom stereocenters. The topological polar surface area (TPSA) is 55.2 Å². The van der Waals surface area contributed by atoms with Gasteiger partial charge in [-0.25, -0.2) is 4.98 Å². The Hall–Kier alpha value is -1.16. The van der Waals surface area contributed by atoms with Crippen molar-refractivity contribution in [2.24, 2.45) is 5.41 Å². The van der Waals surface area contributed by atoms with Crippen LogP contribution in [0.2, 0.25) is 0 Å². The highest BCUT2D eigenvalue weighted by Gasteiger charge is 2.10. The van der Waals surface area contributed by atoms with Gasteiger partial charge in [0.1, 0.15) is 0 Å². The number of rotatable bonds is 4. The van der Waals surface area contributed by atoms with E-state index in [1.807, 2.05) is 0 Å². The molecule has 1 N–H and O–H groups in total. The van der Waals surface area contributed by atoms with E-state index in [1.165, 1.54) is 6.20 Å². The van der Waals surface area contributed by atoms with Crippen molar-refractivity contribution in [3.63, 3.8) is 0 Å². The second-order valence-electron chi connectivity index (χ2n) is 4.67. The highest BCUT2D eigenvalue weighted by Crippen LogP contribution is 2.18. The van der Waals surface area contributed by atoms with Gasteiger partial charge in [0.25, 0.3) is 0 Å². The van der Waals surface area contributed by atoms with Crippen molar-refractivity contribution in [3.8, 4) is 5.88 Å². The van der Waals surface area contributed by atoms with Crippen LogP contribution < -0.4 is 4.74 Å². The minimum absolute atomic E-state index is 0.108. The molecule has 84 valence electrons. The smallest absolute Gasteiger partial charge is 0.232 e. The van der Waals surface area contributed by atoms with Crippen LogP contribution in [0, 0.1) is 5.41 Å². The van der Waals surface area contributed by atoms with Gasteiger partial charge in [-0.3, -0.25) is 4.98 Å². The lowest BCUT2D eigenvalue weighted by atomic mass is 9.93. The standard InChI is InChI=1S/C11H18N2O2/c1-11(2,3)4-5-15-10-7-12-6-9(8-14)13-10/h6-7,14H,4-5,8H2,1-3H3. The molecular weight excluding hydrogens is 192 g/mol. The summed E-state index contributed by atoms with van der Waals surface area (Å²) in [4.78, 5) is 8.00. The van der Waals surface area contributed by atoms with Crippen LogP contribution in [-0.4, -0.2) is 21.7 Å². The summed E-state index contributed by atoms with van der Waals surface area (Å²) in [5.74, 6) is 0.478. The van der Waals surface area contributed by atoms with E-state index >= 15 is 0 Å². The van der Waals surface area contributed by atoms with Crippen molar-refractivity contribution < 1.29 is 9.84 Å². The first-order chi connectivity index (χ1) is 7.01. The fourth-order valence-corrected chi connectivity index (χ4v) is 0.994.